The van der Waals surface area contributed by atoms with Gasteiger partial charge in [0, 0.05) is 18.7 Å². The smallest absolute Gasteiger partial charge is 0.251 e. The topological polar surface area (TPSA) is 142 Å². The summed E-state index contributed by atoms with van der Waals surface area (Å²) in [6, 6.07) is 2.03. The molecule has 0 fully saturated rings. The molecular weight excluding hydrogens is 250 g/mol. The van der Waals surface area contributed by atoms with Gasteiger partial charge in [-0.3, -0.25) is 14.6 Å². The Morgan fingerprint density at radius 2 is 2.12 bits per heavy atom. The van der Waals surface area contributed by atoms with Crippen LogP contribution in [0, 0.1) is 0 Å². The number of aromatic nitrogens is 1. The van der Waals surface area contributed by atoms with E-state index in [0.29, 0.717) is 0 Å². The van der Waals surface area contributed by atoms with Crippen LogP contribution in [0.3, 0.4) is 0 Å². The summed E-state index contributed by atoms with van der Waals surface area (Å²) in [5.41, 5.74) is -0.706. The number of hydrogen-bond donors (Lipinski definition) is 4. The van der Waals surface area contributed by atoms with Crippen LogP contribution in [0.2, 0.25) is 0 Å². The number of nitrogens with two attached hydrogens (primary N) is 1. The summed E-state index contributed by atoms with van der Waals surface area (Å²) in [6.07, 6.45) is 0. The molecular formula is C8H11N3O5S. The highest BCUT2D eigenvalue weighted by Crippen LogP contribution is 2.03. The second-order valence-corrected chi connectivity index (χ2v) is 4.98. The third kappa shape index (κ3) is 4.66. The van der Waals surface area contributed by atoms with Crippen LogP contribution >= 0.6 is 0 Å². The fraction of sp³-hybridized carbons (Fsp3) is 0.250. The Morgan fingerprint density at radius 3 is 2.65 bits per heavy atom. The number of sulfonamides is 1. The van der Waals surface area contributed by atoms with Crippen molar-refractivity contribution in [3.05, 3.63) is 28.0 Å². The van der Waals surface area contributed by atoms with Gasteiger partial charge in [0.1, 0.15) is 0 Å². The maximum absolute atomic E-state index is 11.4. The predicted molar refractivity (Wildman–Crippen MR) is 59.0 cm³/mol. The molecule has 94 valence electrons. The van der Waals surface area contributed by atoms with Crippen LogP contribution in [0.25, 0.3) is 0 Å². The van der Waals surface area contributed by atoms with Gasteiger partial charge >= 0.3 is 0 Å². The predicted octanol–water partition coefficient (Wildman–Crippen LogP) is -1.90. The number of hydrogen-bond acceptors (Lipinski definition) is 5. The minimum atomic E-state index is -3.65. The van der Waals surface area contributed by atoms with Gasteiger partial charge in [-0.15, -0.1) is 0 Å². The standard InChI is InChI=1S/C8H11N3O5S/c9-17(15,16)2-1-10-8(14)5-3-6(12)11-7(13)4-5/h3-4H,1-2H2,(H,10,14)(H2,9,15,16)(H2,11,12,13). The van der Waals surface area contributed by atoms with E-state index in [1.165, 1.54) is 0 Å². The molecule has 5 N–H and O–H groups in total. The Bertz CT molecular complexity index is 577. The quantitative estimate of drug-likeness (QED) is 0.500. The molecule has 0 aliphatic heterocycles. The zero-order valence-electron chi connectivity index (χ0n) is 8.63. The summed E-state index contributed by atoms with van der Waals surface area (Å²) in [6.45, 7) is -0.175. The second-order valence-electron chi connectivity index (χ2n) is 3.24. The van der Waals surface area contributed by atoms with Gasteiger partial charge < -0.3 is 10.4 Å². The maximum Gasteiger partial charge on any atom is 0.251 e. The Balaban J connectivity index is 2.68. The summed E-state index contributed by atoms with van der Waals surface area (Å²) in [5, 5.41) is 16.0. The van der Waals surface area contributed by atoms with Gasteiger partial charge in [-0.2, -0.15) is 0 Å². The van der Waals surface area contributed by atoms with E-state index in [1.807, 2.05) is 4.98 Å². The first-order valence-corrected chi connectivity index (χ1v) is 6.21. The summed E-state index contributed by atoms with van der Waals surface area (Å²) in [5.74, 6) is -1.53. The molecule has 9 heteroatoms. The van der Waals surface area contributed by atoms with E-state index in [-0.39, 0.29) is 12.1 Å². The molecule has 0 aliphatic rings. The number of carbonyl (C=O) groups is 1. The minimum absolute atomic E-state index is 0.0688. The Kier molecular flexibility index (Phi) is 3.86. The fourth-order valence-corrected chi connectivity index (χ4v) is 1.46. The highest BCUT2D eigenvalue weighted by Gasteiger charge is 2.09. The van der Waals surface area contributed by atoms with Crippen molar-refractivity contribution < 1.29 is 18.3 Å². The van der Waals surface area contributed by atoms with E-state index in [4.69, 9.17) is 10.2 Å². The average Bonchev–Trinajstić information content (AvgIpc) is 2.13. The van der Waals surface area contributed by atoms with E-state index >= 15 is 0 Å². The van der Waals surface area contributed by atoms with Gasteiger partial charge in [0.2, 0.25) is 10.0 Å². The number of aromatic amines is 1. The van der Waals surface area contributed by atoms with Gasteiger partial charge in [0.15, 0.2) is 5.88 Å². The fourth-order valence-electron chi connectivity index (χ4n) is 1.07. The number of aromatic hydroxyl groups is 1. The summed E-state index contributed by atoms with van der Waals surface area (Å²) in [4.78, 5) is 24.4. The highest BCUT2D eigenvalue weighted by molar-refractivity contribution is 7.89. The zero-order valence-corrected chi connectivity index (χ0v) is 9.45. The summed E-state index contributed by atoms with van der Waals surface area (Å²) in [7, 11) is -3.65. The van der Waals surface area contributed by atoms with Crippen LogP contribution < -0.4 is 16.0 Å². The molecule has 1 aromatic heterocycles. The molecule has 1 aromatic rings. The normalized spacial score (nSPS) is 11.1. The lowest BCUT2D eigenvalue weighted by Gasteiger charge is -2.04. The number of H-pyrrole nitrogens is 1. The zero-order chi connectivity index (χ0) is 13.1. The SMILES string of the molecule is NS(=O)(=O)CCNC(=O)c1cc(O)[nH]c(=O)c1. The van der Waals surface area contributed by atoms with Crippen molar-refractivity contribution in [2.24, 2.45) is 5.14 Å². The molecule has 0 radical (unpaired) electrons. The number of primary sulfonamides is 1. The van der Waals surface area contributed by atoms with Crippen LogP contribution in [0.15, 0.2) is 16.9 Å². The Labute approximate surface area is 96.5 Å². The summed E-state index contributed by atoms with van der Waals surface area (Å²) >= 11 is 0. The van der Waals surface area contributed by atoms with Crippen LogP contribution in [0.5, 0.6) is 5.88 Å². The van der Waals surface area contributed by atoms with Crippen molar-refractivity contribution in [2.75, 3.05) is 12.3 Å². The van der Waals surface area contributed by atoms with E-state index in [9.17, 15) is 18.0 Å². The third-order valence-electron chi connectivity index (χ3n) is 1.76. The largest absolute Gasteiger partial charge is 0.494 e. The first-order valence-electron chi connectivity index (χ1n) is 4.50. The van der Waals surface area contributed by atoms with Crippen molar-refractivity contribution in [3.8, 4) is 5.88 Å². The minimum Gasteiger partial charge on any atom is -0.494 e. The Hall–Kier alpha value is -1.87. The molecule has 0 aliphatic carbocycles. The molecule has 0 saturated heterocycles. The van der Waals surface area contributed by atoms with Crippen LogP contribution in [0.1, 0.15) is 10.4 Å². The molecule has 0 saturated carbocycles. The highest BCUT2D eigenvalue weighted by atomic mass is 32.2. The monoisotopic (exact) mass is 261 g/mol. The molecule has 1 amide bonds. The number of pyridine rings is 1. The van der Waals surface area contributed by atoms with Crippen molar-refractivity contribution in [1.29, 1.82) is 0 Å². The van der Waals surface area contributed by atoms with Crippen LogP contribution in [-0.2, 0) is 10.0 Å². The number of rotatable bonds is 4. The summed E-state index contributed by atoms with van der Waals surface area (Å²) < 4.78 is 21.2. The lowest BCUT2D eigenvalue weighted by atomic mass is 10.2. The number of carbonyl (C=O) groups excluding carboxylic acids is 1. The maximum atomic E-state index is 11.4. The molecule has 8 nitrogen and oxygen atoms in total. The van der Waals surface area contributed by atoms with Gasteiger partial charge in [-0.1, -0.05) is 0 Å². The molecule has 0 atom stereocenters. The first kappa shape index (κ1) is 13.2. The second kappa shape index (κ2) is 4.97. The van der Waals surface area contributed by atoms with E-state index in [0.717, 1.165) is 12.1 Å². The van der Waals surface area contributed by atoms with Gasteiger partial charge in [-0.05, 0) is 0 Å². The van der Waals surface area contributed by atoms with E-state index in [2.05, 4.69) is 5.32 Å². The molecule has 0 unspecified atom stereocenters. The molecule has 0 spiro atoms. The molecule has 0 aromatic carbocycles. The van der Waals surface area contributed by atoms with Crippen molar-refractivity contribution in [2.45, 2.75) is 0 Å². The average molecular weight is 261 g/mol. The molecule has 17 heavy (non-hydrogen) atoms. The molecule has 1 rings (SSSR count). The number of amides is 1. The van der Waals surface area contributed by atoms with Crippen LogP contribution in [-0.4, -0.2) is 36.7 Å². The van der Waals surface area contributed by atoms with E-state index < -0.39 is 33.1 Å². The lowest BCUT2D eigenvalue weighted by Crippen LogP contribution is -2.31. The first-order chi connectivity index (χ1) is 7.78. The molecule has 0 bridgehead atoms. The number of nitrogens with one attached hydrogen (secondary N) is 2. The van der Waals surface area contributed by atoms with Gasteiger partial charge in [-0.25, -0.2) is 13.6 Å². The van der Waals surface area contributed by atoms with Crippen molar-refractivity contribution in [3.63, 3.8) is 0 Å². The van der Waals surface area contributed by atoms with Crippen LogP contribution in [0.4, 0.5) is 0 Å². The van der Waals surface area contributed by atoms with Crippen molar-refractivity contribution in [1.82, 2.24) is 10.3 Å². The lowest BCUT2D eigenvalue weighted by molar-refractivity contribution is 0.0955. The molecule has 1 heterocycles. The van der Waals surface area contributed by atoms with Crippen molar-refractivity contribution >= 4 is 15.9 Å². The van der Waals surface area contributed by atoms with Gasteiger partial charge in [0.05, 0.1) is 11.3 Å². The third-order valence-corrected chi connectivity index (χ3v) is 2.54. The van der Waals surface area contributed by atoms with Gasteiger partial charge in [0.25, 0.3) is 11.5 Å². The Morgan fingerprint density at radius 1 is 1.47 bits per heavy atom. The van der Waals surface area contributed by atoms with E-state index in [1.54, 1.807) is 0 Å².